The monoisotopic (exact) mass is 208 g/mol. The van der Waals surface area contributed by atoms with Crippen LogP contribution < -0.4 is 9.47 Å². The number of fused-ring (bicyclic) bond motifs is 1. The standard InChI is InChI=1S/C11H12O4/c1-13-9-5-3-4-7-8(11(12)14-2)6-15-10(7)9/h3-5,8H,6H2,1-2H3. The molecule has 2 rings (SSSR count). The van der Waals surface area contributed by atoms with Gasteiger partial charge in [-0.1, -0.05) is 12.1 Å². The molecule has 80 valence electrons. The Morgan fingerprint density at radius 3 is 2.93 bits per heavy atom. The van der Waals surface area contributed by atoms with Gasteiger partial charge in [-0.25, -0.2) is 0 Å². The van der Waals surface area contributed by atoms with Crippen molar-refractivity contribution in [2.45, 2.75) is 5.92 Å². The second kappa shape index (κ2) is 3.81. The zero-order valence-electron chi connectivity index (χ0n) is 8.65. The van der Waals surface area contributed by atoms with Crippen LogP contribution >= 0.6 is 0 Å². The molecule has 0 N–H and O–H groups in total. The third-order valence-electron chi connectivity index (χ3n) is 2.48. The average molecular weight is 208 g/mol. The summed E-state index contributed by atoms with van der Waals surface area (Å²) in [5, 5.41) is 0. The first-order valence-electron chi connectivity index (χ1n) is 4.65. The van der Waals surface area contributed by atoms with E-state index >= 15 is 0 Å². The fraction of sp³-hybridized carbons (Fsp3) is 0.364. The van der Waals surface area contributed by atoms with E-state index in [9.17, 15) is 4.79 Å². The second-order valence-electron chi connectivity index (χ2n) is 3.27. The Hall–Kier alpha value is -1.71. The summed E-state index contributed by atoms with van der Waals surface area (Å²) in [6, 6.07) is 5.49. The maximum atomic E-state index is 11.4. The van der Waals surface area contributed by atoms with Gasteiger partial charge >= 0.3 is 5.97 Å². The van der Waals surface area contributed by atoms with Crippen molar-refractivity contribution in [3.8, 4) is 11.5 Å². The molecule has 15 heavy (non-hydrogen) atoms. The summed E-state index contributed by atoms with van der Waals surface area (Å²) in [6.45, 7) is 0.322. The van der Waals surface area contributed by atoms with Crippen LogP contribution in [0.3, 0.4) is 0 Å². The van der Waals surface area contributed by atoms with E-state index in [2.05, 4.69) is 0 Å². The third-order valence-corrected chi connectivity index (χ3v) is 2.48. The largest absolute Gasteiger partial charge is 0.493 e. The highest BCUT2D eigenvalue weighted by molar-refractivity contribution is 5.81. The van der Waals surface area contributed by atoms with Gasteiger partial charge in [0.2, 0.25) is 0 Å². The topological polar surface area (TPSA) is 44.8 Å². The Labute approximate surface area is 87.8 Å². The molecule has 1 unspecified atom stereocenters. The van der Waals surface area contributed by atoms with E-state index in [0.29, 0.717) is 18.1 Å². The van der Waals surface area contributed by atoms with E-state index < -0.39 is 0 Å². The van der Waals surface area contributed by atoms with Gasteiger partial charge in [0, 0.05) is 5.56 Å². The van der Waals surface area contributed by atoms with Crippen LogP contribution in [0.1, 0.15) is 11.5 Å². The summed E-state index contributed by atoms with van der Waals surface area (Å²) >= 11 is 0. The van der Waals surface area contributed by atoms with Crippen LogP contribution in [0.25, 0.3) is 0 Å². The Kier molecular flexibility index (Phi) is 2.49. The second-order valence-corrected chi connectivity index (χ2v) is 3.27. The Balaban J connectivity index is 2.39. The quantitative estimate of drug-likeness (QED) is 0.688. The van der Waals surface area contributed by atoms with Crippen molar-refractivity contribution < 1.29 is 19.0 Å². The van der Waals surface area contributed by atoms with Crippen LogP contribution in [0.2, 0.25) is 0 Å². The minimum atomic E-state index is -0.333. The van der Waals surface area contributed by atoms with Gasteiger partial charge in [-0.05, 0) is 6.07 Å². The van der Waals surface area contributed by atoms with Gasteiger partial charge in [0.15, 0.2) is 11.5 Å². The maximum absolute atomic E-state index is 11.4. The van der Waals surface area contributed by atoms with Crippen molar-refractivity contribution in [1.29, 1.82) is 0 Å². The van der Waals surface area contributed by atoms with E-state index in [-0.39, 0.29) is 11.9 Å². The molecule has 0 saturated heterocycles. The maximum Gasteiger partial charge on any atom is 0.316 e. The molecule has 1 atom stereocenters. The van der Waals surface area contributed by atoms with Crippen molar-refractivity contribution in [1.82, 2.24) is 0 Å². The lowest BCUT2D eigenvalue weighted by Gasteiger charge is -2.06. The van der Waals surface area contributed by atoms with Crippen molar-refractivity contribution >= 4 is 5.97 Å². The zero-order valence-corrected chi connectivity index (χ0v) is 8.65. The smallest absolute Gasteiger partial charge is 0.316 e. The molecule has 0 amide bonds. The van der Waals surface area contributed by atoms with Crippen molar-refractivity contribution in [3.63, 3.8) is 0 Å². The first kappa shape index (κ1) is 9.83. The van der Waals surface area contributed by atoms with Crippen LogP contribution in [0, 0.1) is 0 Å². The number of esters is 1. The van der Waals surface area contributed by atoms with Crippen LogP contribution in [-0.4, -0.2) is 26.8 Å². The first-order valence-corrected chi connectivity index (χ1v) is 4.65. The Morgan fingerprint density at radius 2 is 2.27 bits per heavy atom. The molecule has 0 aromatic heterocycles. The summed E-state index contributed by atoms with van der Waals surface area (Å²) < 4.78 is 15.3. The number of hydrogen-bond acceptors (Lipinski definition) is 4. The fourth-order valence-corrected chi connectivity index (χ4v) is 1.72. The molecule has 0 bridgehead atoms. The molecular weight excluding hydrogens is 196 g/mol. The van der Waals surface area contributed by atoms with Crippen LogP contribution in [-0.2, 0) is 9.53 Å². The third kappa shape index (κ3) is 1.52. The molecule has 0 fully saturated rings. The lowest BCUT2D eigenvalue weighted by Crippen LogP contribution is -2.15. The molecule has 1 aromatic carbocycles. The van der Waals surface area contributed by atoms with E-state index in [1.807, 2.05) is 12.1 Å². The number of carbonyl (C=O) groups is 1. The summed E-state index contributed by atoms with van der Waals surface area (Å²) in [5.74, 6) is 0.691. The van der Waals surface area contributed by atoms with Crippen LogP contribution in [0.15, 0.2) is 18.2 Å². The van der Waals surface area contributed by atoms with E-state index in [0.717, 1.165) is 5.56 Å². The predicted molar refractivity (Wildman–Crippen MR) is 53.2 cm³/mol. The number of methoxy groups -OCH3 is 2. The average Bonchev–Trinajstić information content (AvgIpc) is 2.71. The molecule has 1 aromatic rings. The molecule has 1 heterocycles. The number of para-hydroxylation sites is 1. The van der Waals surface area contributed by atoms with Gasteiger partial charge in [-0.2, -0.15) is 0 Å². The molecule has 1 aliphatic heterocycles. The minimum Gasteiger partial charge on any atom is -0.493 e. The summed E-state index contributed by atoms with van der Waals surface area (Å²) in [6.07, 6.45) is 0. The summed E-state index contributed by atoms with van der Waals surface area (Å²) in [7, 11) is 2.95. The van der Waals surface area contributed by atoms with E-state index in [1.54, 1.807) is 13.2 Å². The summed E-state index contributed by atoms with van der Waals surface area (Å²) in [4.78, 5) is 11.4. The molecule has 0 radical (unpaired) electrons. The molecule has 0 spiro atoms. The van der Waals surface area contributed by atoms with Gasteiger partial charge in [-0.15, -0.1) is 0 Å². The predicted octanol–water partition coefficient (Wildman–Crippen LogP) is 1.34. The number of rotatable bonds is 2. The highest BCUT2D eigenvalue weighted by atomic mass is 16.5. The molecule has 0 saturated carbocycles. The number of benzene rings is 1. The van der Waals surface area contributed by atoms with Crippen molar-refractivity contribution in [3.05, 3.63) is 23.8 Å². The van der Waals surface area contributed by atoms with Crippen molar-refractivity contribution in [2.75, 3.05) is 20.8 Å². The Bertz CT molecular complexity index is 386. The zero-order chi connectivity index (χ0) is 10.8. The van der Waals surface area contributed by atoms with E-state index in [1.165, 1.54) is 7.11 Å². The SMILES string of the molecule is COC(=O)C1COc2c(OC)cccc21. The lowest BCUT2D eigenvalue weighted by molar-refractivity contribution is -0.142. The molecule has 4 nitrogen and oxygen atoms in total. The number of hydrogen-bond donors (Lipinski definition) is 0. The molecular formula is C11H12O4. The molecule has 0 aliphatic carbocycles. The van der Waals surface area contributed by atoms with Gasteiger partial charge < -0.3 is 14.2 Å². The van der Waals surface area contributed by atoms with Crippen molar-refractivity contribution in [2.24, 2.45) is 0 Å². The number of ether oxygens (including phenoxy) is 3. The minimum absolute atomic E-state index is 0.276. The summed E-state index contributed by atoms with van der Waals surface area (Å²) in [5.41, 5.74) is 0.834. The fourth-order valence-electron chi connectivity index (χ4n) is 1.72. The number of carbonyl (C=O) groups excluding carboxylic acids is 1. The van der Waals surface area contributed by atoms with Gasteiger partial charge in [0.1, 0.15) is 12.5 Å². The lowest BCUT2D eigenvalue weighted by atomic mass is 10.0. The van der Waals surface area contributed by atoms with Crippen LogP contribution in [0.5, 0.6) is 11.5 Å². The molecule has 1 aliphatic rings. The normalized spacial score (nSPS) is 17.9. The molecule has 4 heteroatoms. The van der Waals surface area contributed by atoms with Gasteiger partial charge in [0.25, 0.3) is 0 Å². The Morgan fingerprint density at radius 1 is 1.47 bits per heavy atom. The highest BCUT2D eigenvalue weighted by Gasteiger charge is 2.32. The van der Waals surface area contributed by atoms with Crippen LogP contribution in [0.4, 0.5) is 0 Å². The van der Waals surface area contributed by atoms with Gasteiger partial charge in [0.05, 0.1) is 14.2 Å². The van der Waals surface area contributed by atoms with Gasteiger partial charge in [-0.3, -0.25) is 4.79 Å². The first-order chi connectivity index (χ1) is 7.27. The highest BCUT2D eigenvalue weighted by Crippen LogP contribution is 2.41. The van der Waals surface area contributed by atoms with E-state index in [4.69, 9.17) is 14.2 Å².